The number of imidazole rings is 1. The first-order valence-electron chi connectivity index (χ1n) is 6.38. The molecule has 0 saturated heterocycles. The smallest absolute Gasteiger partial charge is 0.0951 e. The van der Waals surface area contributed by atoms with E-state index in [1.807, 2.05) is 24.7 Å². The molecule has 4 heteroatoms. The SMILES string of the molecule is CCC(N)(CC)Cn1cncc1-c1ccncc1. The molecule has 0 amide bonds. The van der Waals surface area contributed by atoms with Crippen LogP contribution in [0, 0.1) is 0 Å². The van der Waals surface area contributed by atoms with Crippen LogP contribution in [0.4, 0.5) is 0 Å². The second kappa shape index (κ2) is 5.31. The molecule has 2 aromatic heterocycles. The van der Waals surface area contributed by atoms with E-state index in [9.17, 15) is 0 Å². The van der Waals surface area contributed by atoms with E-state index in [4.69, 9.17) is 5.73 Å². The summed E-state index contributed by atoms with van der Waals surface area (Å²) in [6.07, 6.45) is 9.22. The highest BCUT2D eigenvalue weighted by atomic mass is 15.1. The summed E-state index contributed by atoms with van der Waals surface area (Å²) in [5.41, 5.74) is 8.42. The molecule has 0 fully saturated rings. The molecule has 0 spiro atoms. The first-order chi connectivity index (χ1) is 8.68. The van der Waals surface area contributed by atoms with E-state index in [0.29, 0.717) is 0 Å². The lowest BCUT2D eigenvalue weighted by molar-refractivity contribution is 0.340. The molecule has 0 aromatic carbocycles. The van der Waals surface area contributed by atoms with Gasteiger partial charge < -0.3 is 10.3 Å². The molecule has 0 aliphatic carbocycles. The minimum atomic E-state index is -0.164. The molecular formula is C14H20N4. The first kappa shape index (κ1) is 12.8. The Kier molecular flexibility index (Phi) is 3.77. The van der Waals surface area contributed by atoms with Crippen molar-refractivity contribution in [2.45, 2.75) is 38.8 Å². The Bertz CT molecular complexity index is 486. The van der Waals surface area contributed by atoms with Crippen molar-refractivity contribution in [3.63, 3.8) is 0 Å². The summed E-state index contributed by atoms with van der Waals surface area (Å²) in [5, 5.41) is 0. The molecule has 0 aliphatic heterocycles. The molecule has 4 nitrogen and oxygen atoms in total. The molecule has 2 aromatic rings. The summed E-state index contributed by atoms with van der Waals surface area (Å²) >= 11 is 0. The van der Waals surface area contributed by atoms with Crippen LogP contribution >= 0.6 is 0 Å². The van der Waals surface area contributed by atoms with Crippen LogP contribution in [-0.4, -0.2) is 20.1 Å². The fourth-order valence-corrected chi connectivity index (χ4v) is 2.02. The second-order valence-electron chi connectivity index (χ2n) is 4.71. The summed E-state index contributed by atoms with van der Waals surface area (Å²) in [6, 6.07) is 3.98. The Hall–Kier alpha value is -1.68. The van der Waals surface area contributed by atoms with E-state index in [0.717, 1.165) is 30.6 Å². The summed E-state index contributed by atoms with van der Waals surface area (Å²) in [7, 11) is 0. The van der Waals surface area contributed by atoms with Gasteiger partial charge in [-0.15, -0.1) is 0 Å². The Morgan fingerprint density at radius 2 is 1.83 bits per heavy atom. The Morgan fingerprint density at radius 3 is 2.44 bits per heavy atom. The minimum absolute atomic E-state index is 0.164. The fraction of sp³-hybridized carbons (Fsp3) is 0.429. The highest BCUT2D eigenvalue weighted by Gasteiger charge is 2.22. The normalized spacial score (nSPS) is 11.7. The van der Waals surface area contributed by atoms with E-state index in [2.05, 4.69) is 28.4 Å². The predicted molar refractivity (Wildman–Crippen MR) is 73.0 cm³/mol. The zero-order valence-corrected chi connectivity index (χ0v) is 11.0. The summed E-state index contributed by atoms with van der Waals surface area (Å²) in [4.78, 5) is 8.28. The van der Waals surface area contributed by atoms with Gasteiger partial charge >= 0.3 is 0 Å². The van der Waals surface area contributed by atoms with Gasteiger partial charge in [-0.3, -0.25) is 4.98 Å². The monoisotopic (exact) mass is 244 g/mol. The average Bonchev–Trinajstić information content (AvgIpc) is 2.87. The number of nitrogens with two attached hydrogens (primary N) is 1. The molecule has 18 heavy (non-hydrogen) atoms. The zero-order chi connectivity index (χ0) is 13.0. The average molecular weight is 244 g/mol. The Balaban J connectivity index is 2.29. The van der Waals surface area contributed by atoms with Gasteiger partial charge in [0.2, 0.25) is 0 Å². The van der Waals surface area contributed by atoms with Crippen molar-refractivity contribution in [2.24, 2.45) is 5.73 Å². The fourth-order valence-electron chi connectivity index (χ4n) is 2.02. The number of hydrogen-bond donors (Lipinski definition) is 1. The lowest BCUT2D eigenvalue weighted by Gasteiger charge is -2.27. The van der Waals surface area contributed by atoms with Crippen LogP contribution in [-0.2, 0) is 6.54 Å². The molecule has 0 radical (unpaired) electrons. The maximum Gasteiger partial charge on any atom is 0.0951 e. The standard InChI is InChI=1S/C14H20N4/c1-3-14(15,4-2)10-18-11-17-9-13(18)12-5-7-16-8-6-12/h5-9,11H,3-4,10,15H2,1-2H3. The van der Waals surface area contributed by atoms with Crippen molar-refractivity contribution < 1.29 is 0 Å². The molecule has 0 bridgehead atoms. The third kappa shape index (κ3) is 2.59. The molecule has 2 rings (SSSR count). The maximum absolute atomic E-state index is 6.37. The van der Waals surface area contributed by atoms with Gasteiger partial charge in [-0.2, -0.15) is 0 Å². The Labute approximate surface area is 108 Å². The van der Waals surface area contributed by atoms with Crippen LogP contribution in [0.25, 0.3) is 11.3 Å². The predicted octanol–water partition coefficient (Wildman–Crippen LogP) is 2.46. The molecule has 0 atom stereocenters. The number of rotatable bonds is 5. The number of aromatic nitrogens is 3. The molecule has 0 unspecified atom stereocenters. The van der Waals surface area contributed by atoms with Gasteiger partial charge in [0.1, 0.15) is 0 Å². The molecule has 2 N–H and O–H groups in total. The van der Waals surface area contributed by atoms with Crippen molar-refractivity contribution in [3.8, 4) is 11.3 Å². The molecule has 96 valence electrons. The highest BCUT2D eigenvalue weighted by Crippen LogP contribution is 2.21. The lowest BCUT2D eigenvalue weighted by atomic mass is 9.94. The zero-order valence-electron chi connectivity index (χ0n) is 11.0. The van der Waals surface area contributed by atoms with E-state index < -0.39 is 0 Å². The maximum atomic E-state index is 6.37. The van der Waals surface area contributed by atoms with Gasteiger partial charge in [0.25, 0.3) is 0 Å². The van der Waals surface area contributed by atoms with Gasteiger partial charge in [0.05, 0.1) is 18.2 Å². The van der Waals surface area contributed by atoms with Crippen LogP contribution in [0.15, 0.2) is 37.1 Å². The number of hydrogen-bond acceptors (Lipinski definition) is 3. The van der Waals surface area contributed by atoms with E-state index >= 15 is 0 Å². The topological polar surface area (TPSA) is 56.7 Å². The van der Waals surface area contributed by atoms with Crippen LogP contribution in [0.3, 0.4) is 0 Å². The van der Waals surface area contributed by atoms with Gasteiger partial charge in [-0.1, -0.05) is 13.8 Å². The minimum Gasteiger partial charge on any atom is -0.329 e. The molecule has 2 heterocycles. The van der Waals surface area contributed by atoms with Gasteiger partial charge in [-0.25, -0.2) is 4.98 Å². The molecule has 0 saturated carbocycles. The van der Waals surface area contributed by atoms with Crippen LogP contribution in [0.5, 0.6) is 0 Å². The largest absolute Gasteiger partial charge is 0.329 e. The van der Waals surface area contributed by atoms with E-state index in [1.165, 1.54) is 0 Å². The van der Waals surface area contributed by atoms with E-state index in [-0.39, 0.29) is 5.54 Å². The van der Waals surface area contributed by atoms with E-state index in [1.54, 1.807) is 12.4 Å². The second-order valence-corrected chi connectivity index (χ2v) is 4.71. The first-order valence-corrected chi connectivity index (χ1v) is 6.38. The van der Waals surface area contributed by atoms with Gasteiger partial charge in [0, 0.05) is 30.0 Å². The molecular weight excluding hydrogens is 224 g/mol. The van der Waals surface area contributed by atoms with Gasteiger partial charge in [-0.05, 0) is 25.0 Å². The van der Waals surface area contributed by atoms with Crippen molar-refractivity contribution in [1.82, 2.24) is 14.5 Å². The summed E-state index contributed by atoms with van der Waals surface area (Å²) in [6.45, 7) is 5.05. The third-order valence-corrected chi connectivity index (χ3v) is 3.58. The third-order valence-electron chi connectivity index (χ3n) is 3.58. The Morgan fingerprint density at radius 1 is 1.17 bits per heavy atom. The lowest BCUT2D eigenvalue weighted by Crippen LogP contribution is -2.42. The molecule has 0 aliphatic rings. The van der Waals surface area contributed by atoms with Crippen molar-refractivity contribution in [2.75, 3.05) is 0 Å². The highest BCUT2D eigenvalue weighted by molar-refractivity contribution is 5.57. The van der Waals surface area contributed by atoms with Crippen LogP contribution in [0.2, 0.25) is 0 Å². The summed E-state index contributed by atoms with van der Waals surface area (Å²) in [5.74, 6) is 0. The number of nitrogens with zero attached hydrogens (tertiary/aromatic N) is 3. The van der Waals surface area contributed by atoms with Crippen molar-refractivity contribution in [3.05, 3.63) is 37.1 Å². The quantitative estimate of drug-likeness (QED) is 0.879. The van der Waals surface area contributed by atoms with Crippen LogP contribution in [0.1, 0.15) is 26.7 Å². The van der Waals surface area contributed by atoms with Gasteiger partial charge in [0.15, 0.2) is 0 Å². The number of pyridine rings is 1. The van der Waals surface area contributed by atoms with Crippen molar-refractivity contribution >= 4 is 0 Å². The summed E-state index contributed by atoms with van der Waals surface area (Å²) < 4.78 is 2.13. The van der Waals surface area contributed by atoms with Crippen LogP contribution < -0.4 is 5.73 Å². The van der Waals surface area contributed by atoms with Crippen molar-refractivity contribution in [1.29, 1.82) is 0 Å².